The van der Waals surface area contributed by atoms with Gasteiger partial charge in [-0.25, -0.2) is 9.59 Å². The van der Waals surface area contributed by atoms with Gasteiger partial charge in [0.05, 0.1) is 28.9 Å². The molecule has 3 heterocycles. The van der Waals surface area contributed by atoms with Crippen molar-refractivity contribution in [3.05, 3.63) is 63.3 Å². The molecule has 1 aromatic heterocycles. The maximum absolute atomic E-state index is 12.7. The predicted molar refractivity (Wildman–Crippen MR) is 130 cm³/mol. The van der Waals surface area contributed by atoms with E-state index in [0.717, 1.165) is 4.90 Å². The normalized spacial score (nSPS) is 17.6. The molecule has 0 saturated carbocycles. The first-order valence-corrected chi connectivity index (χ1v) is 11.8. The summed E-state index contributed by atoms with van der Waals surface area (Å²) in [4.78, 5) is 51.9. The number of rotatable bonds is 6. The number of hydrogen-bond acceptors (Lipinski definition) is 7. The predicted octanol–water partition coefficient (Wildman–Crippen LogP) is 1.36. The number of nitrogens with zero attached hydrogens (tertiary/aromatic N) is 3. The molecule has 0 bridgehead atoms. The van der Waals surface area contributed by atoms with Gasteiger partial charge in [0.15, 0.2) is 0 Å². The molecule has 0 spiro atoms. The largest absolute Gasteiger partial charge is 0.443 e. The van der Waals surface area contributed by atoms with Gasteiger partial charge in [0.25, 0.3) is 5.56 Å². The Morgan fingerprint density at radius 3 is 2.82 bits per heavy atom. The smallest absolute Gasteiger partial charge is 0.414 e. The Hall–Kier alpha value is -3.57. The third kappa shape index (κ3) is 4.08. The maximum atomic E-state index is 12.7. The lowest BCUT2D eigenvalue weighted by molar-refractivity contribution is -0.113. The number of cyclic esters (lactones) is 1. The number of aryl methyl sites for hydroxylation is 1. The molecule has 11 heteroatoms. The van der Waals surface area contributed by atoms with Crippen molar-refractivity contribution >= 4 is 46.0 Å². The molecule has 34 heavy (non-hydrogen) atoms. The van der Waals surface area contributed by atoms with E-state index in [9.17, 15) is 19.2 Å². The van der Waals surface area contributed by atoms with Gasteiger partial charge >= 0.3 is 11.8 Å². The van der Waals surface area contributed by atoms with E-state index >= 15 is 0 Å². The van der Waals surface area contributed by atoms with Gasteiger partial charge in [0.2, 0.25) is 5.91 Å². The van der Waals surface area contributed by atoms with Crippen molar-refractivity contribution in [2.24, 2.45) is 7.05 Å². The number of fused-ring (bicyclic) bond motifs is 2. The van der Waals surface area contributed by atoms with Gasteiger partial charge in [0.1, 0.15) is 6.10 Å². The van der Waals surface area contributed by atoms with E-state index in [-0.39, 0.29) is 29.8 Å². The van der Waals surface area contributed by atoms with Crippen LogP contribution in [0.1, 0.15) is 0 Å². The van der Waals surface area contributed by atoms with Crippen molar-refractivity contribution in [2.75, 3.05) is 35.6 Å². The molecule has 2 aliphatic rings. The first kappa shape index (κ1) is 22.2. The monoisotopic (exact) mass is 481 g/mol. The van der Waals surface area contributed by atoms with Gasteiger partial charge in [-0.1, -0.05) is 12.1 Å². The molecule has 1 fully saturated rings. The van der Waals surface area contributed by atoms with Crippen LogP contribution in [0.5, 0.6) is 0 Å². The molecule has 176 valence electrons. The van der Waals surface area contributed by atoms with Gasteiger partial charge in [-0.15, -0.1) is 11.8 Å². The number of nitrogens with one attached hydrogen (secondary N) is 2. The molecule has 0 aliphatic carbocycles. The van der Waals surface area contributed by atoms with Gasteiger partial charge in [0, 0.05) is 37.3 Å². The number of carbonyl (C=O) groups excluding carboxylic acids is 2. The van der Waals surface area contributed by atoms with E-state index in [1.54, 1.807) is 37.4 Å². The summed E-state index contributed by atoms with van der Waals surface area (Å²) in [6.07, 6.45) is -0.843. The van der Waals surface area contributed by atoms with Crippen molar-refractivity contribution < 1.29 is 14.3 Å². The molecule has 2 amide bonds. The van der Waals surface area contributed by atoms with Crippen LogP contribution in [0.15, 0.2) is 56.9 Å². The van der Waals surface area contributed by atoms with Gasteiger partial charge in [-0.2, -0.15) is 0 Å². The van der Waals surface area contributed by atoms with Crippen LogP contribution in [0.4, 0.5) is 16.2 Å². The van der Waals surface area contributed by atoms with Crippen LogP contribution in [0.25, 0.3) is 10.9 Å². The van der Waals surface area contributed by atoms with Crippen LogP contribution in [0, 0.1) is 0 Å². The summed E-state index contributed by atoms with van der Waals surface area (Å²) in [5, 5.41) is 6.49. The lowest BCUT2D eigenvalue weighted by Crippen LogP contribution is -2.42. The molecule has 1 saturated heterocycles. The number of para-hydroxylation sites is 1. The average Bonchev–Trinajstić information content (AvgIpc) is 3.22. The Morgan fingerprint density at radius 2 is 1.97 bits per heavy atom. The van der Waals surface area contributed by atoms with Gasteiger partial charge in [-0.05, 0) is 30.3 Å². The Labute approximate surface area is 198 Å². The number of ether oxygens (including phenoxy) is 1. The highest BCUT2D eigenvalue weighted by Gasteiger charge is 2.32. The first-order chi connectivity index (χ1) is 16.4. The zero-order chi connectivity index (χ0) is 23.8. The number of carbonyl (C=O) groups is 2. The number of benzene rings is 2. The second-order valence-corrected chi connectivity index (χ2v) is 9.17. The van der Waals surface area contributed by atoms with Crippen LogP contribution in [0.3, 0.4) is 0 Å². The Balaban J connectivity index is 1.20. The number of amides is 2. The second kappa shape index (κ2) is 8.99. The molecule has 2 N–H and O–H groups in total. The van der Waals surface area contributed by atoms with Crippen molar-refractivity contribution in [3.63, 3.8) is 0 Å². The summed E-state index contributed by atoms with van der Waals surface area (Å²) in [5.74, 6) is 0.310. The molecule has 5 rings (SSSR count). The average molecular weight is 482 g/mol. The summed E-state index contributed by atoms with van der Waals surface area (Å²) in [7, 11) is 1.64. The topological polar surface area (TPSA) is 115 Å². The van der Waals surface area contributed by atoms with Crippen molar-refractivity contribution in [3.8, 4) is 0 Å². The van der Waals surface area contributed by atoms with E-state index in [2.05, 4.69) is 10.6 Å². The minimum atomic E-state index is -0.457. The molecule has 3 aromatic rings. The van der Waals surface area contributed by atoms with E-state index in [1.807, 2.05) is 12.1 Å². The molecule has 10 nitrogen and oxygen atoms in total. The highest BCUT2D eigenvalue weighted by molar-refractivity contribution is 8.00. The molecular formula is C23H23N5O5S. The van der Waals surface area contributed by atoms with Crippen molar-refractivity contribution in [1.29, 1.82) is 0 Å². The summed E-state index contributed by atoms with van der Waals surface area (Å²) in [6.45, 7) is 1.29. The first-order valence-electron chi connectivity index (χ1n) is 10.9. The highest BCUT2D eigenvalue weighted by atomic mass is 32.2. The second-order valence-electron chi connectivity index (χ2n) is 8.15. The molecule has 1 atom stereocenters. The highest BCUT2D eigenvalue weighted by Crippen LogP contribution is 2.35. The van der Waals surface area contributed by atoms with Crippen molar-refractivity contribution in [2.45, 2.75) is 17.5 Å². The van der Waals surface area contributed by atoms with Crippen LogP contribution >= 0.6 is 11.8 Å². The summed E-state index contributed by atoms with van der Waals surface area (Å²) in [6, 6.07) is 12.5. The van der Waals surface area contributed by atoms with Gasteiger partial charge < -0.3 is 15.4 Å². The number of thioether (sulfide) groups is 1. The number of hydrogen-bond donors (Lipinski definition) is 2. The van der Waals surface area contributed by atoms with E-state index in [1.165, 1.54) is 25.8 Å². The van der Waals surface area contributed by atoms with Crippen LogP contribution in [-0.2, 0) is 23.1 Å². The SMILES string of the molecule is Cn1c(=O)n(CCNC[C@@H]2CN(c3ccc4c(c3)NC(=O)CS4)C(=O)O2)c(=O)c2ccccc21. The number of aromatic nitrogens is 2. The third-order valence-corrected chi connectivity index (χ3v) is 7.00. The fourth-order valence-corrected chi connectivity index (χ4v) is 4.98. The molecule has 0 unspecified atom stereocenters. The molecule has 0 radical (unpaired) electrons. The van der Waals surface area contributed by atoms with E-state index in [0.29, 0.717) is 47.7 Å². The number of anilines is 2. The molecule has 2 aromatic carbocycles. The Bertz CT molecular complexity index is 1420. The summed E-state index contributed by atoms with van der Waals surface area (Å²) >= 11 is 1.46. The fourth-order valence-electron chi connectivity index (χ4n) is 4.19. The molecular weight excluding hydrogens is 458 g/mol. The van der Waals surface area contributed by atoms with Gasteiger partial charge in [-0.3, -0.25) is 23.6 Å². The lowest BCUT2D eigenvalue weighted by Gasteiger charge is -2.20. The Kier molecular flexibility index (Phi) is 5.88. The van der Waals surface area contributed by atoms with Crippen LogP contribution in [0.2, 0.25) is 0 Å². The van der Waals surface area contributed by atoms with Crippen LogP contribution < -0.4 is 26.8 Å². The maximum Gasteiger partial charge on any atom is 0.414 e. The van der Waals surface area contributed by atoms with Crippen LogP contribution in [-0.4, -0.2) is 52.6 Å². The zero-order valence-electron chi connectivity index (χ0n) is 18.4. The quantitative estimate of drug-likeness (QED) is 0.511. The minimum Gasteiger partial charge on any atom is -0.443 e. The van der Waals surface area contributed by atoms with E-state index < -0.39 is 6.09 Å². The minimum absolute atomic E-state index is 0.0684. The lowest BCUT2D eigenvalue weighted by atomic mass is 10.2. The summed E-state index contributed by atoms with van der Waals surface area (Å²) in [5.41, 5.74) is 1.24. The summed E-state index contributed by atoms with van der Waals surface area (Å²) < 4.78 is 8.14. The zero-order valence-corrected chi connectivity index (χ0v) is 19.3. The molecule has 2 aliphatic heterocycles. The Morgan fingerprint density at radius 1 is 1.15 bits per heavy atom. The fraction of sp³-hybridized carbons (Fsp3) is 0.304. The third-order valence-electron chi connectivity index (χ3n) is 5.92. The standard InChI is InChI=1S/C23H23N5O5S/c1-26-18-5-3-2-4-16(18)21(30)27(22(26)31)9-8-24-11-15-12-28(23(32)33-15)14-6-7-19-17(10-14)25-20(29)13-34-19/h2-7,10,15,24H,8-9,11-13H2,1H3,(H,25,29)/t15-/m1/s1. The van der Waals surface area contributed by atoms with Crippen molar-refractivity contribution in [1.82, 2.24) is 14.5 Å². The van der Waals surface area contributed by atoms with E-state index in [4.69, 9.17) is 4.74 Å².